The highest BCUT2D eigenvalue weighted by molar-refractivity contribution is 4.98. The second-order valence-corrected chi connectivity index (χ2v) is 4.99. The van der Waals surface area contributed by atoms with E-state index >= 15 is 0 Å². The first kappa shape index (κ1) is 12.1. The Hall–Kier alpha value is -1.95. The van der Waals surface area contributed by atoms with Gasteiger partial charge >= 0.3 is 0 Å². The molecule has 0 aromatic carbocycles. The Labute approximate surface area is 111 Å². The van der Waals surface area contributed by atoms with Crippen molar-refractivity contribution in [3.05, 3.63) is 46.9 Å². The molecule has 3 rings (SSSR count). The topological polar surface area (TPSA) is 56.0 Å². The molecule has 1 atom stereocenters. The lowest BCUT2D eigenvalue weighted by molar-refractivity contribution is 0.307. The lowest BCUT2D eigenvalue weighted by Crippen LogP contribution is -2.24. The summed E-state index contributed by atoms with van der Waals surface area (Å²) in [6.45, 7) is 2.80. The minimum absolute atomic E-state index is 0.0698. The van der Waals surface area contributed by atoms with E-state index in [0.29, 0.717) is 6.04 Å². The number of nitrogens with zero attached hydrogens (tertiary/aromatic N) is 5. The van der Waals surface area contributed by atoms with Gasteiger partial charge in [0.1, 0.15) is 0 Å². The molecule has 3 heterocycles. The number of aromatic nitrogens is 4. The van der Waals surface area contributed by atoms with E-state index in [1.807, 2.05) is 29.3 Å². The molecule has 0 aliphatic carbocycles. The number of rotatable bonds is 3. The highest BCUT2D eigenvalue weighted by atomic mass is 16.1. The molecule has 6 nitrogen and oxygen atoms in total. The molecule has 1 fully saturated rings. The highest BCUT2D eigenvalue weighted by Crippen LogP contribution is 2.21. The molecule has 1 aliphatic rings. The van der Waals surface area contributed by atoms with Gasteiger partial charge in [0.25, 0.3) is 5.56 Å². The standard InChI is InChI=1S/C13H17N5O/c1-16-8-11(14-7-13(16)19)9-17-6-3-12(10-17)18-5-2-4-15-18/h2,4-5,7-8,12H,3,6,9-10H2,1H3. The van der Waals surface area contributed by atoms with Gasteiger partial charge in [-0.2, -0.15) is 5.10 Å². The summed E-state index contributed by atoms with van der Waals surface area (Å²) in [5.74, 6) is 0. The van der Waals surface area contributed by atoms with Crippen LogP contribution in [-0.2, 0) is 13.6 Å². The molecule has 0 radical (unpaired) electrons. The SMILES string of the molecule is Cn1cc(CN2CCC(n3cccn3)C2)ncc1=O. The van der Waals surface area contributed by atoms with Gasteiger partial charge in [0, 0.05) is 45.3 Å². The zero-order valence-corrected chi connectivity index (χ0v) is 10.9. The molecule has 0 spiro atoms. The molecule has 19 heavy (non-hydrogen) atoms. The molecule has 1 saturated heterocycles. The van der Waals surface area contributed by atoms with Crippen LogP contribution >= 0.6 is 0 Å². The van der Waals surface area contributed by atoms with Crippen molar-refractivity contribution in [1.82, 2.24) is 24.2 Å². The second kappa shape index (κ2) is 4.97. The van der Waals surface area contributed by atoms with Crippen LogP contribution in [0.3, 0.4) is 0 Å². The molecule has 0 N–H and O–H groups in total. The first-order valence-electron chi connectivity index (χ1n) is 6.45. The van der Waals surface area contributed by atoms with Crippen LogP contribution in [0.15, 0.2) is 35.6 Å². The van der Waals surface area contributed by atoms with E-state index in [1.54, 1.807) is 11.6 Å². The largest absolute Gasteiger partial charge is 0.315 e. The third-order valence-corrected chi connectivity index (χ3v) is 3.56. The molecule has 100 valence electrons. The summed E-state index contributed by atoms with van der Waals surface area (Å²) < 4.78 is 3.59. The van der Waals surface area contributed by atoms with Gasteiger partial charge in [-0.1, -0.05) is 0 Å². The van der Waals surface area contributed by atoms with Gasteiger partial charge in [0.15, 0.2) is 0 Å². The third-order valence-electron chi connectivity index (χ3n) is 3.56. The van der Waals surface area contributed by atoms with Crippen LogP contribution in [0.5, 0.6) is 0 Å². The van der Waals surface area contributed by atoms with Crippen LogP contribution in [0.4, 0.5) is 0 Å². The van der Waals surface area contributed by atoms with Crippen molar-refractivity contribution in [2.75, 3.05) is 13.1 Å². The Kier molecular flexibility index (Phi) is 3.16. The van der Waals surface area contributed by atoms with Gasteiger partial charge in [0.05, 0.1) is 17.9 Å². The van der Waals surface area contributed by atoms with E-state index in [2.05, 4.69) is 15.0 Å². The van der Waals surface area contributed by atoms with Crippen molar-refractivity contribution in [2.45, 2.75) is 19.0 Å². The van der Waals surface area contributed by atoms with E-state index < -0.39 is 0 Å². The van der Waals surface area contributed by atoms with Crippen LogP contribution in [-0.4, -0.2) is 37.3 Å². The summed E-state index contributed by atoms with van der Waals surface area (Å²) in [6.07, 6.45) is 8.13. The quantitative estimate of drug-likeness (QED) is 0.802. The summed E-state index contributed by atoms with van der Waals surface area (Å²) in [4.78, 5) is 17.8. The third kappa shape index (κ3) is 2.58. The maximum atomic E-state index is 11.3. The van der Waals surface area contributed by atoms with Crippen LogP contribution < -0.4 is 5.56 Å². The minimum atomic E-state index is -0.0698. The van der Waals surface area contributed by atoms with Crippen molar-refractivity contribution in [3.8, 4) is 0 Å². The monoisotopic (exact) mass is 259 g/mol. The molecule has 0 saturated carbocycles. The summed E-state index contributed by atoms with van der Waals surface area (Å²) in [6, 6.07) is 2.40. The zero-order valence-electron chi connectivity index (χ0n) is 10.9. The molecular weight excluding hydrogens is 242 g/mol. The molecule has 0 amide bonds. The Morgan fingerprint density at radius 1 is 1.47 bits per heavy atom. The van der Waals surface area contributed by atoms with Gasteiger partial charge in [-0.3, -0.25) is 19.4 Å². The van der Waals surface area contributed by atoms with Gasteiger partial charge in [-0.05, 0) is 12.5 Å². The average molecular weight is 259 g/mol. The van der Waals surface area contributed by atoms with Crippen molar-refractivity contribution in [1.29, 1.82) is 0 Å². The van der Waals surface area contributed by atoms with E-state index in [-0.39, 0.29) is 5.56 Å². The molecule has 1 unspecified atom stereocenters. The molecule has 1 aliphatic heterocycles. The van der Waals surface area contributed by atoms with Gasteiger partial charge in [-0.15, -0.1) is 0 Å². The van der Waals surface area contributed by atoms with E-state index in [9.17, 15) is 4.79 Å². The Morgan fingerprint density at radius 3 is 3.11 bits per heavy atom. The average Bonchev–Trinajstić information content (AvgIpc) is 3.04. The van der Waals surface area contributed by atoms with Crippen LogP contribution in [0, 0.1) is 0 Å². The summed E-state index contributed by atoms with van der Waals surface area (Å²) in [7, 11) is 1.75. The lowest BCUT2D eigenvalue weighted by atomic mass is 10.3. The summed E-state index contributed by atoms with van der Waals surface area (Å²) >= 11 is 0. The predicted octanol–water partition coefficient (Wildman–Crippen LogP) is 0.424. The maximum absolute atomic E-state index is 11.3. The fourth-order valence-electron chi connectivity index (χ4n) is 2.53. The van der Waals surface area contributed by atoms with Crippen LogP contribution in [0.1, 0.15) is 18.2 Å². The minimum Gasteiger partial charge on any atom is -0.315 e. The van der Waals surface area contributed by atoms with Crippen molar-refractivity contribution < 1.29 is 0 Å². The van der Waals surface area contributed by atoms with Crippen molar-refractivity contribution in [3.63, 3.8) is 0 Å². The Balaban J connectivity index is 1.65. The van der Waals surface area contributed by atoms with E-state index in [1.165, 1.54) is 6.20 Å². The normalized spacial score (nSPS) is 19.9. The highest BCUT2D eigenvalue weighted by Gasteiger charge is 2.24. The molecule has 0 bridgehead atoms. The van der Waals surface area contributed by atoms with E-state index in [4.69, 9.17) is 0 Å². The number of hydrogen-bond donors (Lipinski definition) is 0. The molecule has 2 aromatic rings. The van der Waals surface area contributed by atoms with Crippen LogP contribution in [0.2, 0.25) is 0 Å². The fraction of sp³-hybridized carbons (Fsp3) is 0.462. The van der Waals surface area contributed by atoms with Gasteiger partial charge < -0.3 is 4.57 Å². The van der Waals surface area contributed by atoms with Crippen molar-refractivity contribution >= 4 is 0 Å². The van der Waals surface area contributed by atoms with Gasteiger partial charge in [-0.25, -0.2) is 0 Å². The molecule has 6 heteroatoms. The van der Waals surface area contributed by atoms with Crippen LogP contribution in [0.25, 0.3) is 0 Å². The smallest absolute Gasteiger partial charge is 0.268 e. The molecular formula is C13H17N5O. The Morgan fingerprint density at radius 2 is 2.37 bits per heavy atom. The maximum Gasteiger partial charge on any atom is 0.268 e. The summed E-state index contributed by atoms with van der Waals surface area (Å²) in [5, 5.41) is 4.29. The fourth-order valence-corrected chi connectivity index (χ4v) is 2.53. The molecule has 2 aromatic heterocycles. The first-order valence-corrected chi connectivity index (χ1v) is 6.45. The zero-order chi connectivity index (χ0) is 13.2. The first-order chi connectivity index (χ1) is 9.22. The predicted molar refractivity (Wildman–Crippen MR) is 70.6 cm³/mol. The summed E-state index contributed by atoms with van der Waals surface area (Å²) in [5.41, 5.74) is 0.864. The van der Waals surface area contributed by atoms with Gasteiger partial charge in [0.2, 0.25) is 0 Å². The number of hydrogen-bond acceptors (Lipinski definition) is 4. The number of aryl methyl sites for hydroxylation is 1. The lowest BCUT2D eigenvalue weighted by Gasteiger charge is -2.15. The van der Waals surface area contributed by atoms with E-state index in [0.717, 1.165) is 31.7 Å². The number of likely N-dealkylation sites (tertiary alicyclic amines) is 1. The Bertz CT molecular complexity index is 604. The second-order valence-electron chi connectivity index (χ2n) is 4.99. The van der Waals surface area contributed by atoms with Crippen molar-refractivity contribution in [2.24, 2.45) is 7.05 Å².